The Bertz CT molecular complexity index is 986. The van der Waals surface area contributed by atoms with Crippen molar-refractivity contribution in [2.45, 2.75) is 27.0 Å². The van der Waals surface area contributed by atoms with E-state index in [1.165, 1.54) is 5.56 Å². The van der Waals surface area contributed by atoms with Crippen molar-refractivity contribution in [2.24, 2.45) is 0 Å². The molecule has 0 spiro atoms. The second-order valence-corrected chi connectivity index (χ2v) is 6.91. The third-order valence-corrected chi connectivity index (χ3v) is 4.65. The summed E-state index contributed by atoms with van der Waals surface area (Å²) in [5, 5.41) is 3.41. The molecule has 5 nitrogen and oxygen atoms in total. The molecule has 0 fully saturated rings. The molecule has 0 atom stereocenters. The molecule has 0 aromatic heterocycles. The van der Waals surface area contributed by atoms with Gasteiger partial charge in [-0.15, -0.1) is 0 Å². The molecule has 0 radical (unpaired) electrons. The molecule has 0 bridgehead atoms. The molecule has 29 heavy (non-hydrogen) atoms. The lowest BCUT2D eigenvalue weighted by molar-refractivity contribution is 0.174. The Balaban J connectivity index is 1.42. The third kappa shape index (κ3) is 4.74. The van der Waals surface area contributed by atoms with E-state index in [0.717, 1.165) is 39.8 Å². The summed E-state index contributed by atoms with van der Waals surface area (Å²) < 4.78 is 22.6. The summed E-state index contributed by atoms with van der Waals surface area (Å²) >= 11 is 0. The number of rotatable bonds is 8. The van der Waals surface area contributed by atoms with Crippen LogP contribution in [0.25, 0.3) is 0 Å². The van der Waals surface area contributed by atoms with Crippen molar-refractivity contribution >= 4 is 5.69 Å². The summed E-state index contributed by atoms with van der Waals surface area (Å²) in [6.07, 6.45) is 0. The maximum atomic E-state index is 6.02. The molecule has 1 aliphatic heterocycles. The minimum Gasteiger partial charge on any atom is -0.490 e. The first-order valence-corrected chi connectivity index (χ1v) is 9.79. The van der Waals surface area contributed by atoms with E-state index in [9.17, 15) is 0 Å². The largest absolute Gasteiger partial charge is 0.490 e. The molecule has 150 valence electrons. The number of aryl methyl sites for hydroxylation is 1. The number of fused-ring (bicyclic) bond motifs is 1. The van der Waals surface area contributed by atoms with Crippen LogP contribution in [-0.4, -0.2) is 13.4 Å². The summed E-state index contributed by atoms with van der Waals surface area (Å²) in [4.78, 5) is 0. The highest BCUT2D eigenvalue weighted by molar-refractivity contribution is 5.56. The van der Waals surface area contributed by atoms with Crippen molar-refractivity contribution in [1.82, 2.24) is 0 Å². The van der Waals surface area contributed by atoms with E-state index in [2.05, 4.69) is 30.4 Å². The van der Waals surface area contributed by atoms with E-state index >= 15 is 0 Å². The maximum absolute atomic E-state index is 6.02. The first kappa shape index (κ1) is 19.0. The molecule has 0 aliphatic carbocycles. The topological polar surface area (TPSA) is 49.0 Å². The molecule has 1 N–H and O–H groups in total. The van der Waals surface area contributed by atoms with E-state index in [4.69, 9.17) is 18.9 Å². The second-order valence-electron chi connectivity index (χ2n) is 6.91. The Kier molecular flexibility index (Phi) is 5.75. The molecule has 1 aliphatic rings. The Hall–Kier alpha value is -3.34. The van der Waals surface area contributed by atoms with Crippen LogP contribution in [-0.2, 0) is 13.2 Å². The van der Waals surface area contributed by atoms with E-state index in [0.29, 0.717) is 19.8 Å². The molecule has 1 heterocycles. The Morgan fingerprint density at radius 2 is 1.76 bits per heavy atom. The van der Waals surface area contributed by atoms with Crippen LogP contribution < -0.4 is 24.3 Å². The van der Waals surface area contributed by atoms with Crippen molar-refractivity contribution < 1.29 is 18.9 Å². The first-order valence-electron chi connectivity index (χ1n) is 9.79. The smallest absolute Gasteiger partial charge is 0.231 e. The zero-order valence-electron chi connectivity index (χ0n) is 16.7. The predicted molar refractivity (Wildman–Crippen MR) is 113 cm³/mol. The molecular weight excluding hydrogens is 366 g/mol. The molecule has 0 saturated heterocycles. The second kappa shape index (κ2) is 8.78. The first-order chi connectivity index (χ1) is 14.2. The number of ether oxygens (including phenoxy) is 4. The average Bonchev–Trinajstić information content (AvgIpc) is 3.20. The highest BCUT2D eigenvalue weighted by Crippen LogP contribution is 2.34. The van der Waals surface area contributed by atoms with Gasteiger partial charge in [0.1, 0.15) is 6.61 Å². The van der Waals surface area contributed by atoms with Gasteiger partial charge in [-0.3, -0.25) is 0 Å². The van der Waals surface area contributed by atoms with Gasteiger partial charge < -0.3 is 24.3 Å². The Morgan fingerprint density at radius 1 is 0.862 bits per heavy atom. The highest BCUT2D eigenvalue weighted by atomic mass is 16.7. The van der Waals surface area contributed by atoms with E-state index < -0.39 is 0 Å². The number of hydrogen-bond acceptors (Lipinski definition) is 5. The molecule has 0 unspecified atom stereocenters. The summed E-state index contributed by atoms with van der Waals surface area (Å²) in [6.45, 7) is 6.09. The fourth-order valence-corrected chi connectivity index (χ4v) is 3.22. The van der Waals surface area contributed by atoms with E-state index in [1.807, 2.05) is 49.4 Å². The fourth-order valence-electron chi connectivity index (χ4n) is 3.22. The van der Waals surface area contributed by atoms with Crippen LogP contribution in [0, 0.1) is 6.92 Å². The molecular formula is C24H25NO4. The van der Waals surface area contributed by atoms with Gasteiger partial charge in [0.05, 0.1) is 6.61 Å². The molecule has 0 saturated carbocycles. The van der Waals surface area contributed by atoms with Crippen LogP contribution in [0.3, 0.4) is 0 Å². The van der Waals surface area contributed by atoms with Crippen LogP contribution in [0.1, 0.15) is 23.6 Å². The number of hydrogen-bond donors (Lipinski definition) is 1. The van der Waals surface area contributed by atoms with Gasteiger partial charge >= 0.3 is 0 Å². The summed E-state index contributed by atoms with van der Waals surface area (Å²) in [6, 6.07) is 20.2. The Morgan fingerprint density at radius 3 is 2.62 bits per heavy atom. The standard InChI is InChI=1S/C24H25NO4/c1-3-26-23-12-18(14-25-20-8-10-22-24(13-20)29-16-28-22)7-9-21(23)27-15-19-6-4-5-17(2)11-19/h4-13,25H,3,14-16H2,1-2H3. The summed E-state index contributed by atoms with van der Waals surface area (Å²) in [5.41, 5.74) is 4.45. The fraction of sp³-hybridized carbons (Fsp3) is 0.250. The molecule has 3 aromatic rings. The Labute approximate surface area is 171 Å². The van der Waals surface area contributed by atoms with Crippen LogP contribution in [0.15, 0.2) is 60.7 Å². The SMILES string of the molecule is CCOc1cc(CNc2ccc3c(c2)OCO3)ccc1OCc1cccc(C)c1. The van der Waals surface area contributed by atoms with Crippen LogP contribution >= 0.6 is 0 Å². The van der Waals surface area contributed by atoms with Crippen molar-refractivity contribution in [3.63, 3.8) is 0 Å². The monoisotopic (exact) mass is 391 g/mol. The van der Waals surface area contributed by atoms with Gasteiger partial charge in [0.2, 0.25) is 6.79 Å². The molecule has 4 rings (SSSR count). The van der Waals surface area contributed by atoms with Gasteiger partial charge in [-0.05, 0) is 49.2 Å². The van der Waals surface area contributed by atoms with Gasteiger partial charge in [0.15, 0.2) is 23.0 Å². The molecule has 0 amide bonds. The summed E-state index contributed by atoms with van der Waals surface area (Å²) in [7, 11) is 0. The van der Waals surface area contributed by atoms with Crippen molar-refractivity contribution in [3.8, 4) is 23.0 Å². The van der Waals surface area contributed by atoms with Crippen molar-refractivity contribution in [2.75, 3.05) is 18.7 Å². The van der Waals surface area contributed by atoms with Gasteiger partial charge in [-0.25, -0.2) is 0 Å². The maximum Gasteiger partial charge on any atom is 0.231 e. The zero-order chi connectivity index (χ0) is 20.1. The normalized spacial score (nSPS) is 11.9. The summed E-state index contributed by atoms with van der Waals surface area (Å²) in [5.74, 6) is 3.06. The minimum atomic E-state index is 0.278. The molecule has 5 heteroatoms. The van der Waals surface area contributed by atoms with Crippen LogP contribution in [0.4, 0.5) is 5.69 Å². The van der Waals surface area contributed by atoms with E-state index in [-0.39, 0.29) is 6.79 Å². The lowest BCUT2D eigenvalue weighted by atomic mass is 10.1. The zero-order valence-corrected chi connectivity index (χ0v) is 16.7. The predicted octanol–water partition coefficient (Wildman–Crippen LogP) is 5.31. The lowest BCUT2D eigenvalue weighted by Gasteiger charge is -2.14. The number of anilines is 1. The third-order valence-electron chi connectivity index (χ3n) is 4.65. The van der Waals surface area contributed by atoms with Gasteiger partial charge in [-0.1, -0.05) is 35.9 Å². The molecule has 3 aromatic carbocycles. The highest BCUT2D eigenvalue weighted by Gasteiger charge is 2.13. The van der Waals surface area contributed by atoms with Crippen molar-refractivity contribution in [3.05, 3.63) is 77.4 Å². The lowest BCUT2D eigenvalue weighted by Crippen LogP contribution is -2.03. The van der Waals surface area contributed by atoms with Crippen LogP contribution in [0.5, 0.6) is 23.0 Å². The van der Waals surface area contributed by atoms with E-state index in [1.54, 1.807) is 0 Å². The number of nitrogens with one attached hydrogen (secondary N) is 1. The quantitative estimate of drug-likeness (QED) is 0.564. The number of benzene rings is 3. The van der Waals surface area contributed by atoms with Crippen molar-refractivity contribution in [1.29, 1.82) is 0 Å². The average molecular weight is 391 g/mol. The van der Waals surface area contributed by atoms with Gasteiger partial charge in [0, 0.05) is 18.3 Å². The van der Waals surface area contributed by atoms with Gasteiger partial charge in [-0.2, -0.15) is 0 Å². The van der Waals surface area contributed by atoms with Gasteiger partial charge in [0.25, 0.3) is 0 Å². The van der Waals surface area contributed by atoms with Crippen LogP contribution in [0.2, 0.25) is 0 Å². The minimum absolute atomic E-state index is 0.278.